The number of carbonyl (C=O) groups is 1. The molecule has 0 unspecified atom stereocenters. The van der Waals surface area contributed by atoms with Crippen molar-refractivity contribution in [2.75, 3.05) is 6.54 Å². The lowest BCUT2D eigenvalue weighted by molar-refractivity contribution is -0.122. The molecule has 1 saturated heterocycles. The third kappa shape index (κ3) is 2.96. The van der Waals surface area contributed by atoms with Gasteiger partial charge in [0.05, 0.1) is 18.3 Å². The zero-order chi connectivity index (χ0) is 10.7. The van der Waals surface area contributed by atoms with Crippen LogP contribution in [0.4, 0.5) is 0 Å². The molecule has 0 spiro atoms. The van der Waals surface area contributed by atoms with Gasteiger partial charge in [0.1, 0.15) is 0 Å². The Balaban J connectivity index is 0.00000128. The zero-order valence-corrected chi connectivity index (χ0v) is 10.1. The molecular formula is C10H17ClN4O. The number of hydrogen-bond donors (Lipinski definition) is 2. The molecule has 5 nitrogen and oxygen atoms in total. The van der Waals surface area contributed by atoms with Crippen LogP contribution in [0.1, 0.15) is 18.5 Å². The summed E-state index contributed by atoms with van der Waals surface area (Å²) in [6, 6.07) is 1.90. The fraction of sp³-hybridized carbons (Fsp3) is 0.600. The van der Waals surface area contributed by atoms with Gasteiger partial charge in [-0.15, -0.1) is 12.4 Å². The summed E-state index contributed by atoms with van der Waals surface area (Å²) in [6.45, 7) is 1.50. The zero-order valence-electron chi connectivity index (χ0n) is 9.27. The van der Waals surface area contributed by atoms with E-state index in [4.69, 9.17) is 0 Å². The number of aryl methyl sites for hydroxylation is 1. The Kier molecular flexibility index (Phi) is 4.76. The van der Waals surface area contributed by atoms with Gasteiger partial charge in [-0.05, 0) is 25.5 Å². The highest BCUT2D eigenvalue weighted by Crippen LogP contribution is 2.05. The maximum atomic E-state index is 11.6. The molecule has 0 aliphatic carbocycles. The molecule has 1 aromatic heterocycles. The molecule has 1 aliphatic rings. The first-order chi connectivity index (χ1) is 7.27. The van der Waals surface area contributed by atoms with Crippen LogP contribution < -0.4 is 10.6 Å². The summed E-state index contributed by atoms with van der Waals surface area (Å²) < 4.78 is 1.77. The van der Waals surface area contributed by atoms with Crippen LogP contribution in [-0.4, -0.2) is 28.3 Å². The monoisotopic (exact) mass is 244 g/mol. The first-order valence-corrected chi connectivity index (χ1v) is 5.25. The average molecular weight is 245 g/mol. The van der Waals surface area contributed by atoms with Crippen molar-refractivity contribution in [3.05, 3.63) is 18.0 Å². The van der Waals surface area contributed by atoms with Crippen molar-refractivity contribution in [1.82, 2.24) is 20.4 Å². The number of halogens is 1. The molecular weight excluding hydrogens is 228 g/mol. The molecule has 0 saturated carbocycles. The smallest absolute Gasteiger partial charge is 0.237 e. The molecule has 1 atom stereocenters. The minimum Gasteiger partial charge on any atom is -0.349 e. The Morgan fingerprint density at radius 2 is 2.56 bits per heavy atom. The van der Waals surface area contributed by atoms with Crippen molar-refractivity contribution < 1.29 is 4.79 Å². The lowest BCUT2D eigenvalue weighted by Crippen LogP contribution is -2.40. The van der Waals surface area contributed by atoms with Crippen molar-refractivity contribution >= 4 is 18.3 Å². The van der Waals surface area contributed by atoms with E-state index in [-0.39, 0.29) is 24.4 Å². The van der Waals surface area contributed by atoms with E-state index in [0.717, 1.165) is 25.1 Å². The second-order valence-corrected chi connectivity index (χ2v) is 3.81. The predicted molar refractivity (Wildman–Crippen MR) is 63.3 cm³/mol. The highest BCUT2D eigenvalue weighted by atomic mass is 35.5. The number of nitrogens with zero attached hydrogens (tertiary/aromatic N) is 2. The number of rotatable bonds is 3. The van der Waals surface area contributed by atoms with Gasteiger partial charge in [0.2, 0.25) is 5.91 Å². The van der Waals surface area contributed by atoms with Gasteiger partial charge in [0, 0.05) is 13.2 Å². The van der Waals surface area contributed by atoms with Gasteiger partial charge < -0.3 is 10.6 Å². The Hall–Kier alpha value is -1.07. The van der Waals surface area contributed by atoms with Crippen molar-refractivity contribution in [2.24, 2.45) is 7.05 Å². The van der Waals surface area contributed by atoms with Gasteiger partial charge in [-0.3, -0.25) is 9.48 Å². The van der Waals surface area contributed by atoms with Crippen LogP contribution in [0.15, 0.2) is 12.3 Å². The van der Waals surface area contributed by atoms with E-state index >= 15 is 0 Å². The van der Waals surface area contributed by atoms with E-state index < -0.39 is 0 Å². The van der Waals surface area contributed by atoms with E-state index in [1.165, 1.54) is 0 Å². The van der Waals surface area contributed by atoms with E-state index in [9.17, 15) is 4.79 Å². The van der Waals surface area contributed by atoms with Gasteiger partial charge in [-0.2, -0.15) is 5.10 Å². The molecule has 1 aliphatic heterocycles. The largest absolute Gasteiger partial charge is 0.349 e. The van der Waals surface area contributed by atoms with Crippen molar-refractivity contribution in [3.63, 3.8) is 0 Å². The molecule has 2 heterocycles. The summed E-state index contributed by atoms with van der Waals surface area (Å²) in [5.41, 5.74) is 1.02. The Labute approximate surface area is 101 Å². The van der Waals surface area contributed by atoms with Crippen LogP contribution in [0.25, 0.3) is 0 Å². The summed E-state index contributed by atoms with van der Waals surface area (Å²) in [6.07, 6.45) is 3.76. The molecule has 0 aromatic carbocycles. The number of carbonyl (C=O) groups excluding carboxylic acids is 1. The molecule has 6 heteroatoms. The molecule has 2 rings (SSSR count). The number of nitrogens with one attached hydrogen (secondary N) is 2. The van der Waals surface area contributed by atoms with Crippen molar-refractivity contribution in [2.45, 2.75) is 25.4 Å². The normalized spacial score (nSPS) is 19.2. The first kappa shape index (κ1) is 13.0. The maximum Gasteiger partial charge on any atom is 0.237 e. The summed E-state index contributed by atoms with van der Waals surface area (Å²) in [7, 11) is 1.87. The van der Waals surface area contributed by atoms with Crippen molar-refractivity contribution in [3.8, 4) is 0 Å². The number of amides is 1. The molecule has 1 amide bonds. The summed E-state index contributed by atoms with van der Waals surface area (Å²) in [5.74, 6) is 0.0914. The number of aromatic nitrogens is 2. The molecule has 90 valence electrons. The molecule has 1 aromatic rings. The highest BCUT2D eigenvalue weighted by molar-refractivity contribution is 5.85. The molecule has 0 radical (unpaired) electrons. The van der Waals surface area contributed by atoms with Crippen LogP contribution in [0, 0.1) is 0 Å². The van der Waals surface area contributed by atoms with E-state index in [2.05, 4.69) is 15.7 Å². The second kappa shape index (κ2) is 5.86. The van der Waals surface area contributed by atoms with Crippen LogP contribution in [-0.2, 0) is 18.4 Å². The first-order valence-electron chi connectivity index (χ1n) is 5.25. The van der Waals surface area contributed by atoms with E-state index in [1.54, 1.807) is 10.9 Å². The van der Waals surface area contributed by atoms with Crippen LogP contribution >= 0.6 is 12.4 Å². The molecule has 2 N–H and O–H groups in total. The average Bonchev–Trinajstić information content (AvgIpc) is 2.85. The third-order valence-electron chi connectivity index (χ3n) is 2.74. The molecule has 0 bridgehead atoms. The third-order valence-corrected chi connectivity index (χ3v) is 2.74. The van der Waals surface area contributed by atoms with Crippen molar-refractivity contribution in [1.29, 1.82) is 0 Å². The minimum atomic E-state index is -0.00164. The van der Waals surface area contributed by atoms with E-state index in [1.807, 2.05) is 13.1 Å². The minimum absolute atomic E-state index is 0. The van der Waals surface area contributed by atoms with Gasteiger partial charge in [-0.1, -0.05) is 0 Å². The van der Waals surface area contributed by atoms with Crippen LogP contribution in [0.5, 0.6) is 0 Å². The maximum absolute atomic E-state index is 11.6. The standard InChI is InChI=1S/C10H16N4O.ClH/c1-14-8(4-6-13-14)7-12-10(15)9-3-2-5-11-9;/h4,6,9,11H,2-3,5,7H2,1H3,(H,12,15);1H/t9-;/m0./s1. The Morgan fingerprint density at radius 3 is 3.12 bits per heavy atom. The second-order valence-electron chi connectivity index (χ2n) is 3.81. The highest BCUT2D eigenvalue weighted by Gasteiger charge is 2.21. The van der Waals surface area contributed by atoms with Gasteiger partial charge in [0.15, 0.2) is 0 Å². The van der Waals surface area contributed by atoms with Gasteiger partial charge >= 0.3 is 0 Å². The topological polar surface area (TPSA) is 59.0 Å². The summed E-state index contributed by atoms with van der Waals surface area (Å²) in [5, 5.41) is 10.1. The fourth-order valence-corrected chi connectivity index (χ4v) is 1.78. The molecule has 1 fully saturated rings. The predicted octanol–water partition coefficient (Wildman–Crippen LogP) is 0.210. The quantitative estimate of drug-likeness (QED) is 0.799. The van der Waals surface area contributed by atoms with Gasteiger partial charge in [0.25, 0.3) is 0 Å². The summed E-state index contributed by atoms with van der Waals surface area (Å²) >= 11 is 0. The Morgan fingerprint density at radius 1 is 1.75 bits per heavy atom. The van der Waals surface area contributed by atoms with Crippen LogP contribution in [0.2, 0.25) is 0 Å². The van der Waals surface area contributed by atoms with E-state index in [0.29, 0.717) is 6.54 Å². The fourth-order valence-electron chi connectivity index (χ4n) is 1.78. The lowest BCUT2D eigenvalue weighted by atomic mass is 10.2. The van der Waals surface area contributed by atoms with Gasteiger partial charge in [-0.25, -0.2) is 0 Å². The Bertz CT molecular complexity index is 346. The lowest BCUT2D eigenvalue weighted by Gasteiger charge is -2.10. The van der Waals surface area contributed by atoms with Crippen LogP contribution in [0.3, 0.4) is 0 Å². The number of hydrogen-bond acceptors (Lipinski definition) is 3. The summed E-state index contributed by atoms with van der Waals surface area (Å²) in [4.78, 5) is 11.6. The SMILES string of the molecule is Cl.Cn1nccc1CNC(=O)[C@@H]1CCCN1. The molecule has 16 heavy (non-hydrogen) atoms.